The van der Waals surface area contributed by atoms with Crippen LogP contribution in [0.3, 0.4) is 0 Å². The largest absolute Gasteiger partial charge is 0.357 e. The van der Waals surface area contributed by atoms with Crippen molar-refractivity contribution >= 4 is 11.8 Å². The molecular formula is C21H32N6O2. The van der Waals surface area contributed by atoms with Crippen LogP contribution in [-0.4, -0.2) is 51.8 Å². The van der Waals surface area contributed by atoms with Gasteiger partial charge in [0.2, 0.25) is 11.8 Å². The molecule has 0 aromatic carbocycles. The third-order valence-electron chi connectivity index (χ3n) is 5.18. The second-order valence-electron chi connectivity index (χ2n) is 7.84. The van der Waals surface area contributed by atoms with Crippen molar-refractivity contribution in [3.8, 4) is 12.3 Å². The van der Waals surface area contributed by atoms with Crippen LogP contribution >= 0.6 is 0 Å². The molecule has 1 aromatic rings. The monoisotopic (exact) mass is 400 g/mol. The Hall–Kier alpha value is -2.69. The minimum absolute atomic E-state index is 0.0643. The Morgan fingerprint density at radius 3 is 2.59 bits per heavy atom. The van der Waals surface area contributed by atoms with Crippen molar-refractivity contribution in [3.05, 3.63) is 18.5 Å². The maximum Gasteiger partial charge on any atom is 0.242 e. The van der Waals surface area contributed by atoms with Gasteiger partial charge in [0.15, 0.2) is 5.66 Å². The first-order chi connectivity index (χ1) is 13.9. The molecule has 1 aliphatic rings. The van der Waals surface area contributed by atoms with Gasteiger partial charge in [0.25, 0.3) is 0 Å². The van der Waals surface area contributed by atoms with E-state index in [1.165, 1.54) is 0 Å². The number of carbonyl (C=O) groups excluding carboxylic acids is 2. The molecule has 2 amide bonds. The van der Waals surface area contributed by atoms with Crippen LogP contribution in [0.1, 0.15) is 52.4 Å². The van der Waals surface area contributed by atoms with E-state index in [-0.39, 0.29) is 18.2 Å². The van der Waals surface area contributed by atoms with Gasteiger partial charge in [0.1, 0.15) is 6.04 Å². The third-order valence-corrected chi connectivity index (χ3v) is 5.18. The van der Waals surface area contributed by atoms with Gasteiger partial charge in [-0.3, -0.25) is 14.3 Å². The average Bonchev–Trinajstić information content (AvgIpc) is 3.28. The number of likely N-dealkylation sites (N-methyl/N-ethyl adjacent to an activating group) is 1. The lowest BCUT2D eigenvalue weighted by Crippen LogP contribution is -2.50. The van der Waals surface area contributed by atoms with Gasteiger partial charge in [-0.25, -0.2) is 0 Å². The highest BCUT2D eigenvalue weighted by molar-refractivity contribution is 5.87. The average molecular weight is 401 g/mol. The maximum atomic E-state index is 13.1. The molecule has 1 unspecified atom stereocenters. The van der Waals surface area contributed by atoms with E-state index in [9.17, 15) is 9.59 Å². The summed E-state index contributed by atoms with van der Waals surface area (Å²) in [5.74, 6) is 2.86. The predicted octanol–water partition coefficient (Wildman–Crippen LogP) is 2.62. The first kappa shape index (κ1) is 22.6. The van der Waals surface area contributed by atoms with Crippen LogP contribution < -0.4 is 5.32 Å². The summed E-state index contributed by atoms with van der Waals surface area (Å²) < 4.78 is 1.72. The van der Waals surface area contributed by atoms with E-state index in [0.29, 0.717) is 44.7 Å². The zero-order valence-corrected chi connectivity index (χ0v) is 17.7. The van der Waals surface area contributed by atoms with E-state index >= 15 is 0 Å². The number of hydrogen-bond donors (Lipinski definition) is 1. The van der Waals surface area contributed by atoms with Crippen molar-refractivity contribution in [1.29, 1.82) is 0 Å². The molecule has 1 aromatic heterocycles. The Kier molecular flexibility index (Phi) is 8.37. The van der Waals surface area contributed by atoms with E-state index in [1.54, 1.807) is 22.8 Å². The van der Waals surface area contributed by atoms with Gasteiger partial charge in [-0.05, 0) is 24.8 Å². The molecule has 0 saturated heterocycles. The minimum atomic E-state index is -0.504. The van der Waals surface area contributed by atoms with Crippen LogP contribution in [0, 0.1) is 18.3 Å². The number of rotatable bonds is 13. The molecule has 158 valence electrons. The summed E-state index contributed by atoms with van der Waals surface area (Å²) >= 11 is 0. The SMILES string of the molecule is C#CCCC1(CCN(C(=O)CCn2cccn2)C(CCC(C)C)C(=O)NC)N=N1. The van der Waals surface area contributed by atoms with Crippen molar-refractivity contribution < 1.29 is 9.59 Å². The smallest absolute Gasteiger partial charge is 0.242 e. The molecule has 2 heterocycles. The molecule has 0 bridgehead atoms. The van der Waals surface area contributed by atoms with Gasteiger partial charge in [-0.15, -0.1) is 12.3 Å². The molecule has 0 aliphatic carbocycles. The van der Waals surface area contributed by atoms with Crippen molar-refractivity contribution in [2.45, 2.75) is 70.6 Å². The number of hydrogen-bond acceptors (Lipinski definition) is 5. The van der Waals surface area contributed by atoms with E-state index in [0.717, 1.165) is 6.42 Å². The molecule has 1 atom stereocenters. The molecule has 1 N–H and O–H groups in total. The van der Waals surface area contributed by atoms with Gasteiger partial charge in [0.05, 0.1) is 0 Å². The summed E-state index contributed by atoms with van der Waals surface area (Å²) in [6, 6.07) is 1.32. The van der Waals surface area contributed by atoms with Crippen LogP contribution in [0.15, 0.2) is 28.7 Å². The summed E-state index contributed by atoms with van der Waals surface area (Å²) in [6.45, 7) is 5.12. The Morgan fingerprint density at radius 2 is 2.03 bits per heavy atom. The second-order valence-corrected chi connectivity index (χ2v) is 7.84. The van der Waals surface area contributed by atoms with Gasteiger partial charge in [-0.2, -0.15) is 15.3 Å². The number of amides is 2. The van der Waals surface area contributed by atoms with E-state index in [2.05, 4.69) is 40.4 Å². The highest BCUT2D eigenvalue weighted by Gasteiger charge is 2.41. The molecule has 1 aliphatic heterocycles. The topological polar surface area (TPSA) is 92.0 Å². The Balaban J connectivity index is 2.09. The molecule has 8 heteroatoms. The lowest BCUT2D eigenvalue weighted by molar-refractivity contribution is -0.141. The number of aromatic nitrogens is 2. The van der Waals surface area contributed by atoms with Crippen molar-refractivity contribution in [2.24, 2.45) is 16.1 Å². The summed E-state index contributed by atoms with van der Waals surface area (Å²) in [7, 11) is 1.61. The van der Waals surface area contributed by atoms with E-state index in [1.807, 2.05) is 12.3 Å². The fourth-order valence-electron chi connectivity index (χ4n) is 3.29. The standard InChI is InChI=1S/C21H32N6O2/c1-5-6-11-21(24-25-21)12-16-27(18(20(29)22-4)9-8-17(2)3)19(28)10-15-26-14-7-13-23-26/h1,7,13-14,17-18H,6,8-12,15-16H2,2-4H3,(H,22,29). The highest BCUT2D eigenvalue weighted by Crippen LogP contribution is 2.37. The fourth-order valence-corrected chi connectivity index (χ4v) is 3.29. The molecule has 0 fully saturated rings. The molecule has 8 nitrogen and oxygen atoms in total. The Bertz CT molecular complexity index is 729. The van der Waals surface area contributed by atoms with Gasteiger partial charge < -0.3 is 10.2 Å². The normalized spacial score (nSPS) is 15.0. The summed E-state index contributed by atoms with van der Waals surface area (Å²) in [5.41, 5.74) is -0.488. The van der Waals surface area contributed by atoms with E-state index in [4.69, 9.17) is 6.42 Å². The van der Waals surface area contributed by atoms with Gasteiger partial charge in [-0.1, -0.05) is 13.8 Å². The van der Waals surface area contributed by atoms with Crippen LogP contribution in [-0.2, 0) is 16.1 Å². The maximum absolute atomic E-state index is 13.1. The van der Waals surface area contributed by atoms with Crippen LogP contribution in [0.2, 0.25) is 0 Å². The number of nitrogens with zero attached hydrogens (tertiary/aromatic N) is 5. The van der Waals surface area contributed by atoms with Gasteiger partial charge in [0, 0.05) is 58.2 Å². The Labute approximate surface area is 173 Å². The zero-order valence-electron chi connectivity index (χ0n) is 17.7. The van der Waals surface area contributed by atoms with Crippen molar-refractivity contribution in [3.63, 3.8) is 0 Å². The molecular weight excluding hydrogens is 368 g/mol. The second kappa shape index (κ2) is 10.7. The number of aryl methyl sites for hydroxylation is 1. The molecule has 2 rings (SSSR count). The van der Waals surface area contributed by atoms with Crippen molar-refractivity contribution in [1.82, 2.24) is 20.0 Å². The third kappa shape index (κ3) is 7.00. The van der Waals surface area contributed by atoms with E-state index < -0.39 is 11.7 Å². The van der Waals surface area contributed by atoms with Crippen LogP contribution in [0.5, 0.6) is 0 Å². The zero-order chi connectivity index (χ0) is 21.3. The number of terminal acetylenes is 1. The van der Waals surface area contributed by atoms with Gasteiger partial charge >= 0.3 is 0 Å². The molecule has 29 heavy (non-hydrogen) atoms. The minimum Gasteiger partial charge on any atom is -0.357 e. The summed E-state index contributed by atoms with van der Waals surface area (Å²) in [4.78, 5) is 27.4. The number of nitrogens with one attached hydrogen (secondary N) is 1. The summed E-state index contributed by atoms with van der Waals surface area (Å²) in [5, 5.41) is 15.2. The van der Waals surface area contributed by atoms with Crippen LogP contribution in [0.25, 0.3) is 0 Å². The van der Waals surface area contributed by atoms with Crippen molar-refractivity contribution in [2.75, 3.05) is 13.6 Å². The lowest BCUT2D eigenvalue weighted by Gasteiger charge is -2.32. The van der Waals surface area contributed by atoms with Crippen LogP contribution in [0.4, 0.5) is 0 Å². The molecule has 0 spiro atoms. The highest BCUT2D eigenvalue weighted by atomic mass is 16.2. The lowest BCUT2D eigenvalue weighted by atomic mass is 9.99. The molecule has 0 saturated carbocycles. The summed E-state index contributed by atoms with van der Waals surface area (Å²) in [6.07, 6.45) is 12.5. The number of carbonyl (C=O) groups is 2. The fraction of sp³-hybridized carbons (Fsp3) is 0.667. The Morgan fingerprint density at radius 1 is 1.28 bits per heavy atom. The first-order valence-corrected chi connectivity index (χ1v) is 10.3. The predicted molar refractivity (Wildman–Crippen MR) is 111 cm³/mol. The molecule has 0 radical (unpaired) electrons. The first-order valence-electron chi connectivity index (χ1n) is 10.3. The quantitative estimate of drug-likeness (QED) is 0.516.